The van der Waals surface area contributed by atoms with Crippen LogP contribution in [0.1, 0.15) is 73.1 Å². The fourth-order valence-corrected chi connectivity index (χ4v) is 4.17. The molecule has 0 aromatic rings. The number of aliphatic hydroxyl groups excluding tert-OH is 2. The maximum absolute atomic E-state index is 12.6. The predicted molar refractivity (Wildman–Crippen MR) is 165 cm³/mol. The minimum atomic E-state index is -1.11. The standard InChI is InChI=1S/C33H48N2O7/c1-23(2)20-31(38)35-19-18-25(4)21-26(5)30-22-24(3)12-8-6-10-14-29(42-33(34)40)28(37)17-16-27(36)13-9-7-11-15-32(39)41-30/h6,8,11-12,15-21,26-30,36-37H,7,9-10,13-14,22H2,1-5H3,(H2,34,40)(H,35,38)/b8-6+,15-11+,17-16+,19-18?,24-12+,25-21-/t26-,27+,28+,29+,30-/m1/s1. The molecule has 0 fully saturated rings. The first kappa shape index (κ1) is 36.3. The first-order valence-electron chi connectivity index (χ1n) is 14.4. The SMILES string of the molecule is CC(C)=CC(=O)NC=C/C(C)=C\[C@@H](C)[C@H]1C/C(C)=C/C=C/CC[C@H](OC(N)=O)[C@@H](O)/C=C/[C@@H](O)CCC/C=C/C(=O)O1. The monoisotopic (exact) mass is 584 g/mol. The summed E-state index contributed by atoms with van der Waals surface area (Å²) in [5, 5.41) is 23.4. The second-order valence-corrected chi connectivity index (χ2v) is 10.8. The molecule has 0 bridgehead atoms. The van der Waals surface area contributed by atoms with Gasteiger partial charge in [-0.3, -0.25) is 4.79 Å². The van der Waals surface area contributed by atoms with E-state index in [0.29, 0.717) is 38.5 Å². The van der Waals surface area contributed by atoms with Crippen LogP contribution >= 0.6 is 0 Å². The lowest BCUT2D eigenvalue weighted by Crippen LogP contribution is -2.32. The molecule has 42 heavy (non-hydrogen) atoms. The van der Waals surface area contributed by atoms with E-state index < -0.39 is 36.5 Å². The highest BCUT2D eigenvalue weighted by Crippen LogP contribution is 2.21. The van der Waals surface area contributed by atoms with Crippen molar-refractivity contribution in [2.75, 3.05) is 0 Å². The molecular weight excluding hydrogens is 536 g/mol. The van der Waals surface area contributed by atoms with Crippen LogP contribution in [-0.2, 0) is 19.1 Å². The molecule has 0 spiro atoms. The molecule has 0 saturated heterocycles. The lowest BCUT2D eigenvalue weighted by atomic mass is 9.95. The van der Waals surface area contributed by atoms with Gasteiger partial charge in [0.1, 0.15) is 18.3 Å². The molecule has 5 atom stereocenters. The van der Waals surface area contributed by atoms with Crippen molar-refractivity contribution in [1.82, 2.24) is 5.32 Å². The Morgan fingerprint density at radius 2 is 1.88 bits per heavy atom. The Morgan fingerprint density at radius 1 is 1.14 bits per heavy atom. The van der Waals surface area contributed by atoms with E-state index >= 15 is 0 Å². The summed E-state index contributed by atoms with van der Waals surface area (Å²) >= 11 is 0. The largest absolute Gasteiger partial charge is 0.458 e. The molecule has 1 aliphatic heterocycles. The van der Waals surface area contributed by atoms with Crippen LogP contribution < -0.4 is 11.1 Å². The van der Waals surface area contributed by atoms with Crippen molar-refractivity contribution in [3.8, 4) is 0 Å². The number of cyclic esters (lactones) is 1. The van der Waals surface area contributed by atoms with Crippen molar-refractivity contribution in [3.63, 3.8) is 0 Å². The summed E-state index contributed by atoms with van der Waals surface area (Å²) in [6, 6.07) is 0. The second kappa shape index (κ2) is 20.2. The molecule has 0 aliphatic carbocycles. The van der Waals surface area contributed by atoms with Crippen LogP contribution in [0.3, 0.4) is 0 Å². The number of primary amides is 1. The van der Waals surface area contributed by atoms with Gasteiger partial charge in [0.15, 0.2) is 0 Å². The van der Waals surface area contributed by atoms with Crippen molar-refractivity contribution < 1.29 is 34.1 Å². The molecule has 2 amide bonds. The molecule has 0 aromatic heterocycles. The number of amides is 2. The normalized spacial score (nSPS) is 27.8. The van der Waals surface area contributed by atoms with Gasteiger partial charge in [-0.1, -0.05) is 66.2 Å². The molecule has 1 rings (SSSR count). The van der Waals surface area contributed by atoms with Crippen molar-refractivity contribution in [2.45, 2.75) is 97.6 Å². The summed E-state index contributed by atoms with van der Waals surface area (Å²) in [6.45, 7) is 9.54. The third kappa shape index (κ3) is 17.2. The number of carbonyl (C=O) groups is 3. The zero-order valence-electron chi connectivity index (χ0n) is 25.5. The lowest BCUT2D eigenvalue weighted by Gasteiger charge is -2.22. The number of nitrogens with two attached hydrogens (primary N) is 1. The average Bonchev–Trinajstić information content (AvgIpc) is 2.89. The fraction of sp³-hybridized carbons (Fsp3) is 0.485. The molecule has 0 saturated carbocycles. The maximum Gasteiger partial charge on any atom is 0.404 e. The van der Waals surface area contributed by atoms with Gasteiger partial charge in [-0.15, -0.1) is 0 Å². The van der Waals surface area contributed by atoms with E-state index in [9.17, 15) is 24.6 Å². The topological polar surface area (TPSA) is 148 Å². The zero-order chi connectivity index (χ0) is 31.5. The number of hydrogen-bond acceptors (Lipinski definition) is 7. The summed E-state index contributed by atoms with van der Waals surface area (Å²) in [5.74, 6) is -0.764. The van der Waals surface area contributed by atoms with E-state index in [1.807, 2.05) is 58.9 Å². The number of nitrogens with one attached hydrogen (secondary N) is 1. The van der Waals surface area contributed by atoms with Crippen molar-refractivity contribution >= 4 is 18.0 Å². The fourth-order valence-electron chi connectivity index (χ4n) is 4.17. The lowest BCUT2D eigenvalue weighted by molar-refractivity contribution is -0.144. The smallest absolute Gasteiger partial charge is 0.404 e. The van der Waals surface area contributed by atoms with Gasteiger partial charge in [0.05, 0.1) is 6.10 Å². The van der Waals surface area contributed by atoms with Crippen LogP contribution in [0.15, 0.2) is 83.7 Å². The number of hydrogen-bond donors (Lipinski definition) is 4. The number of esters is 1. The van der Waals surface area contributed by atoms with E-state index in [2.05, 4.69) is 5.32 Å². The van der Waals surface area contributed by atoms with Crippen LogP contribution in [0.25, 0.3) is 0 Å². The van der Waals surface area contributed by atoms with Crippen LogP contribution in [0.4, 0.5) is 4.79 Å². The van der Waals surface area contributed by atoms with Crippen LogP contribution in [0, 0.1) is 5.92 Å². The Hall–Kier alpha value is -3.69. The summed E-state index contributed by atoms with van der Waals surface area (Å²) < 4.78 is 10.9. The minimum absolute atomic E-state index is 0.124. The third-order valence-electron chi connectivity index (χ3n) is 6.33. The highest BCUT2D eigenvalue weighted by atomic mass is 16.6. The molecule has 0 aromatic carbocycles. The Bertz CT molecular complexity index is 1090. The molecule has 232 valence electrons. The van der Waals surface area contributed by atoms with Gasteiger partial charge in [0.25, 0.3) is 0 Å². The summed E-state index contributed by atoms with van der Waals surface area (Å²) in [6.07, 6.45) is 17.3. The molecule has 1 heterocycles. The molecule has 0 radical (unpaired) electrons. The number of ether oxygens (including phenoxy) is 2. The quantitative estimate of drug-likeness (QED) is 0.145. The molecule has 9 heteroatoms. The second-order valence-electron chi connectivity index (χ2n) is 10.8. The summed E-state index contributed by atoms with van der Waals surface area (Å²) in [5.41, 5.74) is 7.98. The van der Waals surface area contributed by atoms with Gasteiger partial charge in [0.2, 0.25) is 5.91 Å². The van der Waals surface area contributed by atoms with Gasteiger partial charge in [-0.2, -0.15) is 0 Å². The minimum Gasteiger partial charge on any atom is -0.458 e. The van der Waals surface area contributed by atoms with Gasteiger partial charge in [-0.05, 0) is 65.9 Å². The van der Waals surface area contributed by atoms with E-state index in [1.165, 1.54) is 24.3 Å². The Labute approximate surface area is 250 Å². The third-order valence-corrected chi connectivity index (χ3v) is 6.33. The van der Waals surface area contributed by atoms with Crippen LogP contribution in [-0.4, -0.2) is 52.6 Å². The van der Waals surface area contributed by atoms with Crippen molar-refractivity contribution in [1.29, 1.82) is 0 Å². The molecule has 5 N–H and O–H groups in total. The molecular formula is C33H48N2O7. The summed E-state index contributed by atoms with van der Waals surface area (Å²) in [7, 11) is 0. The van der Waals surface area contributed by atoms with Gasteiger partial charge < -0.3 is 30.7 Å². The van der Waals surface area contributed by atoms with Gasteiger partial charge in [-0.25, -0.2) is 9.59 Å². The van der Waals surface area contributed by atoms with Crippen LogP contribution in [0.2, 0.25) is 0 Å². The molecule has 0 unspecified atom stereocenters. The van der Waals surface area contributed by atoms with E-state index in [0.717, 1.165) is 16.7 Å². The predicted octanol–water partition coefficient (Wildman–Crippen LogP) is 5.23. The number of rotatable bonds is 6. The average molecular weight is 585 g/mol. The number of allylic oxidation sites excluding steroid dienone is 7. The summed E-state index contributed by atoms with van der Waals surface area (Å²) in [4.78, 5) is 35.8. The van der Waals surface area contributed by atoms with Gasteiger partial charge >= 0.3 is 12.1 Å². The van der Waals surface area contributed by atoms with Crippen molar-refractivity contribution in [2.24, 2.45) is 11.7 Å². The van der Waals surface area contributed by atoms with E-state index in [1.54, 1.807) is 18.4 Å². The van der Waals surface area contributed by atoms with E-state index in [4.69, 9.17) is 15.2 Å². The molecule has 1 aliphatic rings. The number of aliphatic hydroxyl groups is 2. The maximum atomic E-state index is 12.6. The van der Waals surface area contributed by atoms with Gasteiger partial charge in [0, 0.05) is 30.7 Å². The highest BCUT2D eigenvalue weighted by molar-refractivity contribution is 5.88. The van der Waals surface area contributed by atoms with Crippen molar-refractivity contribution in [3.05, 3.63) is 83.7 Å². The Kier molecular flexibility index (Phi) is 17.5. The van der Waals surface area contributed by atoms with Crippen LogP contribution in [0.5, 0.6) is 0 Å². The number of carbonyl (C=O) groups excluding carboxylic acids is 3. The van der Waals surface area contributed by atoms with E-state index in [-0.39, 0.29) is 11.8 Å². The molecule has 9 nitrogen and oxygen atoms in total. The first-order chi connectivity index (χ1) is 19.9. The zero-order valence-corrected chi connectivity index (χ0v) is 25.5. The first-order valence-corrected chi connectivity index (χ1v) is 14.4. The Morgan fingerprint density at radius 3 is 2.57 bits per heavy atom. The highest BCUT2D eigenvalue weighted by Gasteiger charge is 2.21. The Balaban J connectivity index is 3.09.